The standard InChI is InChI=1S/C34H23N9O12S5.4Li/c1-18-28(17-36)32(37-21-2-7-25(8-3-21)58(45,46)47)39-33(38-22-4-9-26(10-5-22)59(48,49)50)31(18)42-43-34-20(16-35)14-30(56-34)41-40-23-6-11-27-19(12-23)13-24(57-55-54-44)15-29(27)60(51,52)53;;;;/h2-15,44H,1H3,(H2,37,38,39)(H,45,46,47)(H,48,49,50)(H,51,52,53);;;;/q;4*+1/p-4. The van der Waals surface area contributed by atoms with E-state index in [2.05, 4.69) is 45.4 Å². The van der Waals surface area contributed by atoms with Gasteiger partial charge in [0.25, 0.3) is 0 Å². The summed E-state index contributed by atoms with van der Waals surface area (Å²) in [6.45, 7) is 1.51. The van der Waals surface area contributed by atoms with Crippen molar-refractivity contribution >= 4 is 109 Å². The zero-order valence-electron chi connectivity index (χ0n) is 33.7. The normalized spacial score (nSPS) is 11.4. The van der Waals surface area contributed by atoms with Crippen molar-refractivity contribution in [2.24, 2.45) is 20.5 Å². The molecule has 2 N–H and O–H groups in total. The molecule has 0 radical (unpaired) electrons. The van der Waals surface area contributed by atoms with Crippen LogP contribution in [0.5, 0.6) is 0 Å². The van der Waals surface area contributed by atoms with Gasteiger partial charge in [0.2, 0.25) is 0 Å². The number of aromatic nitrogens is 1. The van der Waals surface area contributed by atoms with E-state index in [-0.39, 0.29) is 152 Å². The van der Waals surface area contributed by atoms with Gasteiger partial charge in [0.1, 0.15) is 53.2 Å². The summed E-state index contributed by atoms with van der Waals surface area (Å²) in [6.07, 6.45) is 0. The zero-order valence-corrected chi connectivity index (χ0v) is 37.7. The maximum absolute atomic E-state index is 11.9. The molecule has 64 heavy (non-hydrogen) atoms. The monoisotopic (exact) mass is 933 g/mol. The first kappa shape index (κ1) is 56.2. The number of azo groups is 2. The van der Waals surface area contributed by atoms with Gasteiger partial charge in [-0.05, 0) is 96.6 Å². The van der Waals surface area contributed by atoms with E-state index in [1.807, 2.05) is 12.1 Å². The van der Waals surface area contributed by atoms with Gasteiger partial charge < -0.3 is 29.5 Å². The van der Waals surface area contributed by atoms with Gasteiger partial charge in [-0.25, -0.2) is 30.2 Å². The van der Waals surface area contributed by atoms with Crippen LogP contribution < -0.4 is 91.3 Å². The summed E-state index contributed by atoms with van der Waals surface area (Å²) in [5, 5.41) is 56.8. The van der Waals surface area contributed by atoms with Crippen molar-refractivity contribution in [1.29, 1.82) is 10.5 Å². The third-order valence-corrected chi connectivity index (χ3v) is 12.0. The Kier molecular flexibility index (Phi) is 20.7. The van der Waals surface area contributed by atoms with E-state index in [4.69, 9.17) is 0 Å². The number of nitriles is 2. The molecule has 0 aliphatic rings. The largest absolute Gasteiger partial charge is 1.00 e. The second kappa shape index (κ2) is 23.5. The van der Waals surface area contributed by atoms with E-state index in [1.165, 1.54) is 61.5 Å². The van der Waals surface area contributed by atoms with Gasteiger partial charge in [0, 0.05) is 21.8 Å². The molecule has 0 saturated carbocycles. The summed E-state index contributed by atoms with van der Waals surface area (Å²) in [5.74, 6) is -0.106. The summed E-state index contributed by atoms with van der Waals surface area (Å²) in [6, 6.07) is 21.2. The molecule has 306 valence electrons. The maximum atomic E-state index is 11.9. The number of benzene rings is 4. The first-order chi connectivity index (χ1) is 28.4. The minimum absolute atomic E-state index is 0. The molecule has 4 aromatic carbocycles. The van der Waals surface area contributed by atoms with Gasteiger partial charge in [0.05, 0.1) is 43.5 Å². The van der Waals surface area contributed by atoms with Crippen molar-refractivity contribution in [2.45, 2.75) is 26.5 Å². The Balaban J connectivity index is 0.00000352. The molecule has 21 nitrogen and oxygen atoms in total. The maximum Gasteiger partial charge on any atom is 1.00 e. The molecule has 0 aliphatic carbocycles. The molecule has 30 heteroatoms. The second-order valence-corrected chi connectivity index (χ2v) is 17.7. The van der Waals surface area contributed by atoms with E-state index >= 15 is 0 Å². The van der Waals surface area contributed by atoms with E-state index in [0.29, 0.717) is 12.0 Å². The van der Waals surface area contributed by atoms with Crippen LogP contribution in [0.25, 0.3) is 10.8 Å². The molecule has 0 fully saturated rings. The van der Waals surface area contributed by atoms with Crippen molar-refractivity contribution in [3.63, 3.8) is 0 Å². The molecule has 2 aromatic heterocycles. The smallest absolute Gasteiger partial charge is 0.744 e. The van der Waals surface area contributed by atoms with Gasteiger partial charge in [-0.15, -0.1) is 20.5 Å². The number of rotatable bonds is 14. The van der Waals surface area contributed by atoms with Gasteiger partial charge in [-0.2, -0.15) is 14.9 Å². The van der Waals surface area contributed by atoms with Crippen LogP contribution in [0.15, 0.2) is 125 Å². The van der Waals surface area contributed by atoms with Crippen LogP contribution in [0.2, 0.25) is 0 Å². The van der Waals surface area contributed by atoms with E-state index < -0.39 is 45.0 Å². The fourth-order valence-electron chi connectivity index (χ4n) is 5.26. The van der Waals surface area contributed by atoms with Crippen LogP contribution in [-0.4, -0.2) is 43.9 Å². The van der Waals surface area contributed by atoms with Crippen LogP contribution in [0.1, 0.15) is 16.7 Å². The van der Waals surface area contributed by atoms with Crippen LogP contribution in [-0.2, 0) is 39.7 Å². The first-order valence-corrected chi connectivity index (χ1v) is 21.8. The van der Waals surface area contributed by atoms with Crippen molar-refractivity contribution in [2.75, 3.05) is 10.6 Å². The fraction of sp³-hybridized carbons (Fsp3) is 0.0294. The van der Waals surface area contributed by atoms with E-state index in [9.17, 15) is 54.7 Å². The number of hydrogen-bond acceptors (Lipinski definition) is 23. The number of nitrogens with one attached hydrogen (secondary N) is 2. The third kappa shape index (κ3) is 13.8. The van der Waals surface area contributed by atoms with Crippen molar-refractivity contribution < 1.29 is 129 Å². The Morgan fingerprint density at radius 3 is 1.80 bits per heavy atom. The molecule has 0 bridgehead atoms. The molecule has 6 rings (SSSR count). The predicted molar refractivity (Wildman–Crippen MR) is 206 cm³/mol. The van der Waals surface area contributed by atoms with Crippen molar-refractivity contribution in [1.82, 2.24) is 4.98 Å². The molecule has 0 amide bonds. The molecule has 0 spiro atoms. The van der Waals surface area contributed by atoms with Crippen LogP contribution in [0, 0.1) is 29.6 Å². The Bertz CT molecular complexity index is 3170. The van der Waals surface area contributed by atoms with Gasteiger partial charge in [0.15, 0.2) is 16.6 Å². The van der Waals surface area contributed by atoms with Crippen LogP contribution in [0.4, 0.5) is 44.4 Å². The predicted octanol–water partition coefficient (Wildman–Crippen LogP) is -5.38. The second-order valence-electron chi connectivity index (χ2n) is 11.8. The topological polar surface area (TPSA) is 347 Å². The summed E-state index contributed by atoms with van der Waals surface area (Å²) < 4.78 is 109. The average Bonchev–Trinajstić information content (AvgIpc) is 3.60. The minimum atomic E-state index is -4.95. The molecule has 2 heterocycles. The van der Waals surface area contributed by atoms with Crippen molar-refractivity contribution in [3.05, 3.63) is 102 Å². The molecular formula is C34H19Li4N9O12S5. The first-order valence-electron chi connectivity index (χ1n) is 16.0. The molecule has 0 unspecified atom stereocenters. The summed E-state index contributed by atoms with van der Waals surface area (Å²) in [7, 11) is -14.5. The SMILES string of the molecule is Cc1c(C#N)c(Nc2ccc(S(=O)(=O)[O-])cc2)nc(Nc2ccc(S(=O)(=O)[O-])cc2)c1N=Nc1sc(N=Nc2ccc3c(S(=O)(=O)[O-])cc(SOO[O-])cc3c2)cc1C#N.[Li+].[Li+].[Li+].[Li+]. The number of fused-ring (bicyclic) bond motifs is 1. The van der Waals surface area contributed by atoms with Crippen molar-refractivity contribution in [3.8, 4) is 12.1 Å². The minimum Gasteiger partial charge on any atom is -0.744 e. The average molecular weight is 934 g/mol. The fourth-order valence-corrected chi connectivity index (χ4v) is 8.20. The molecular weight excluding hydrogens is 915 g/mol. The third-order valence-electron chi connectivity index (χ3n) is 7.96. The van der Waals surface area contributed by atoms with Crippen LogP contribution >= 0.6 is 23.4 Å². The zero-order chi connectivity index (χ0) is 43.4. The van der Waals surface area contributed by atoms with Crippen LogP contribution in [0.3, 0.4) is 0 Å². The van der Waals surface area contributed by atoms with E-state index in [0.717, 1.165) is 41.7 Å². The Morgan fingerprint density at radius 1 is 0.703 bits per heavy atom. The van der Waals surface area contributed by atoms with E-state index in [1.54, 1.807) is 0 Å². The molecule has 0 aliphatic heterocycles. The molecule has 0 atom stereocenters. The number of thiophene rings is 1. The Labute approximate surface area is 420 Å². The number of pyridine rings is 1. The Morgan fingerprint density at radius 2 is 1.28 bits per heavy atom. The van der Waals surface area contributed by atoms with Gasteiger partial charge in [-0.1, -0.05) is 17.4 Å². The summed E-state index contributed by atoms with van der Waals surface area (Å²) in [5.41, 5.74) is 0.803. The number of anilines is 4. The van der Waals surface area contributed by atoms with Gasteiger partial charge in [-0.3, -0.25) is 5.04 Å². The van der Waals surface area contributed by atoms with Gasteiger partial charge >= 0.3 is 75.4 Å². The quantitative estimate of drug-likeness (QED) is 0.0257. The summed E-state index contributed by atoms with van der Waals surface area (Å²) in [4.78, 5) is 2.97. The molecule has 0 saturated heterocycles. The molecule has 6 aromatic rings. The summed E-state index contributed by atoms with van der Waals surface area (Å²) >= 11 is 1.26. The Hall–Kier alpha value is -3.88. The number of hydrogen-bond donors (Lipinski definition) is 2. The number of nitrogens with zero attached hydrogens (tertiary/aromatic N) is 7.